The van der Waals surface area contributed by atoms with E-state index in [1.807, 2.05) is 74.5 Å². The summed E-state index contributed by atoms with van der Waals surface area (Å²) in [5, 5.41) is 19.5. The largest absolute Gasteiger partial charge is 0.457 e. The van der Waals surface area contributed by atoms with Crippen LogP contribution < -0.4 is 16.0 Å². The molecule has 4 atom stereocenters. The summed E-state index contributed by atoms with van der Waals surface area (Å²) in [6.07, 6.45) is 2.29. The Labute approximate surface area is 305 Å². The number of amides is 3. The quantitative estimate of drug-likeness (QED) is 0.162. The Bertz CT molecular complexity index is 1770. The minimum atomic E-state index is -4.26. The van der Waals surface area contributed by atoms with Gasteiger partial charge in [0.2, 0.25) is 18.1 Å². The standard InChI is InChI=1S/C38H49N5O8S/c1-26(2)23-43(52(48,49)34-25-50-33(51-34)21-28-14-10-7-11-15-28)24-31(44)30(20-27-12-8-6-9-13-27)41-37(47)35(38(3,4)5)42-32(45)22-40-36(46)29-16-18-39-19-17-29/h6-19,25-26,30-31,33,35,44H,20-24H2,1-5H3,(H,40,46)(H,41,47)(H,42,45). The highest BCUT2D eigenvalue weighted by Crippen LogP contribution is 2.27. The Morgan fingerprint density at radius 1 is 0.904 bits per heavy atom. The van der Waals surface area contributed by atoms with Crippen LogP contribution in [0.3, 0.4) is 0 Å². The molecule has 13 nitrogen and oxygen atoms in total. The molecule has 0 saturated heterocycles. The second-order valence-corrected chi connectivity index (χ2v) is 16.1. The molecule has 0 aliphatic carbocycles. The minimum Gasteiger partial charge on any atom is -0.457 e. The zero-order valence-electron chi connectivity index (χ0n) is 30.2. The smallest absolute Gasteiger partial charge is 0.279 e. The van der Waals surface area contributed by atoms with E-state index in [0.29, 0.717) is 12.0 Å². The van der Waals surface area contributed by atoms with E-state index in [1.54, 1.807) is 20.8 Å². The summed E-state index contributed by atoms with van der Waals surface area (Å²) in [4.78, 5) is 43.3. The minimum absolute atomic E-state index is 0.0569. The van der Waals surface area contributed by atoms with Crippen molar-refractivity contribution >= 4 is 27.7 Å². The second kappa shape index (κ2) is 18.1. The van der Waals surface area contributed by atoms with Crippen LogP contribution in [0, 0.1) is 11.3 Å². The van der Waals surface area contributed by atoms with Gasteiger partial charge in [-0.2, -0.15) is 4.31 Å². The molecule has 2 heterocycles. The average Bonchev–Trinajstić information content (AvgIpc) is 3.59. The molecule has 0 saturated carbocycles. The Morgan fingerprint density at radius 3 is 2.12 bits per heavy atom. The normalized spacial score (nSPS) is 16.2. The van der Waals surface area contributed by atoms with Gasteiger partial charge < -0.3 is 30.5 Å². The van der Waals surface area contributed by atoms with Gasteiger partial charge in [0, 0.05) is 37.5 Å². The number of carbonyl (C=O) groups excluding carboxylic acids is 3. The lowest BCUT2D eigenvalue weighted by atomic mass is 9.85. The van der Waals surface area contributed by atoms with E-state index in [0.717, 1.165) is 21.7 Å². The molecule has 0 spiro atoms. The van der Waals surface area contributed by atoms with Gasteiger partial charge in [-0.1, -0.05) is 95.3 Å². The molecule has 4 N–H and O–H groups in total. The third kappa shape index (κ3) is 11.6. The maximum absolute atomic E-state index is 13.9. The number of ether oxygens (including phenoxy) is 2. The van der Waals surface area contributed by atoms with Crippen LogP contribution in [-0.2, 0) is 41.9 Å². The molecule has 4 rings (SSSR count). The number of sulfonamides is 1. The zero-order chi connectivity index (χ0) is 37.9. The Morgan fingerprint density at radius 2 is 1.52 bits per heavy atom. The van der Waals surface area contributed by atoms with Crippen molar-refractivity contribution in [2.45, 2.75) is 71.9 Å². The van der Waals surface area contributed by atoms with E-state index < -0.39 is 57.6 Å². The maximum atomic E-state index is 13.9. The van der Waals surface area contributed by atoms with Crippen molar-refractivity contribution < 1.29 is 37.4 Å². The molecule has 0 radical (unpaired) electrons. The summed E-state index contributed by atoms with van der Waals surface area (Å²) < 4.78 is 40.3. The van der Waals surface area contributed by atoms with Crippen molar-refractivity contribution in [3.8, 4) is 0 Å². The molecule has 1 aromatic heterocycles. The van der Waals surface area contributed by atoms with Gasteiger partial charge in [-0.15, -0.1) is 0 Å². The summed E-state index contributed by atoms with van der Waals surface area (Å²) in [5.41, 5.74) is 1.24. The third-order valence-electron chi connectivity index (χ3n) is 8.24. The van der Waals surface area contributed by atoms with E-state index in [-0.39, 0.29) is 37.1 Å². The molecule has 52 heavy (non-hydrogen) atoms. The van der Waals surface area contributed by atoms with Crippen LogP contribution in [0.4, 0.5) is 0 Å². The highest BCUT2D eigenvalue weighted by molar-refractivity contribution is 7.92. The van der Waals surface area contributed by atoms with Gasteiger partial charge in [0.25, 0.3) is 21.0 Å². The Kier molecular flexibility index (Phi) is 13.9. The number of nitrogens with one attached hydrogen (secondary N) is 3. The Hall–Kier alpha value is -4.79. The first-order chi connectivity index (χ1) is 24.6. The number of aromatic nitrogens is 1. The first-order valence-electron chi connectivity index (χ1n) is 17.2. The van der Waals surface area contributed by atoms with E-state index in [2.05, 4.69) is 20.9 Å². The third-order valence-corrected chi connectivity index (χ3v) is 9.92. The maximum Gasteiger partial charge on any atom is 0.279 e. The molecule has 0 bridgehead atoms. The summed E-state index contributed by atoms with van der Waals surface area (Å²) >= 11 is 0. The second-order valence-electron chi connectivity index (χ2n) is 14.2. The van der Waals surface area contributed by atoms with Crippen LogP contribution >= 0.6 is 0 Å². The van der Waals surface area contributed by atoms with Crippen LogP contribution in [0.5, 0.6) is 0 Å². The molecule has 3 aromatic rings. The number of carbonyl (C=O) groups is 3. The first kappa shape index (κ1) is 40.0. The molecule has 14 heteroatoms. The van der Waals surface area contributed by atoms with Crippen LogP contribution in [0.25, 0.3) is 0 Å². The number of aliphatic hydroxyl groups excluding tert-OH is 1. The van der Waals surface area contributed by atoms with Gasteiger partial charge in [0.1, 0.15) is 12.3 Å². The fourth-order valence-corrected chi connectivity index (χ4v) is 7.05. The van der Waals surface area contributed by atoms with E-state index in [9.17, 15) is 27.9 Å². The van der Waals surface area contributed by atoms with Crippen molar-refractivity contribution in [2.75, 3.05) is 19.6 Å². The van der Waals surface area contributed by atoms with E-state index >= 15 is 0 Å². The van der Waals surface area contributed by atoms with Gasteiger partial charge in [0.15, 0.2) is 0 Å². The number of nitrogens with zero attached hydrogens (tertiary/aromatic N) is 2. The van der Waals surface area contributed by atoms with Crippen LogP contribution in [0.2, 0.25) is 0 Å². The van der Waals surface area contributed by atoms with Crippen molar-refractivity contribution in [1.82, 2.24) is 25.2 Å². The number of rotatable bonds is 17. The van der Waals surface area contributed by atoms with Crippen LogP contribution in [0.15, 0.2) is 96.5 Å². The number of pyridine rings is 1. The molecule has 1 aliphatic heterocycles. The fourth-order valence-electron chi connectivity index (χ4n) is 5.55. The van der Waals surface area contributed by atoms with Crippen LogP contribution in [-0.4, -0.2) is 84.6 Å². The zero-order valence-corrected chi connectivity index (χ0v) is 31.0. The van der Waals surface area contributed by atoms with Gasteiger partial charge in [0.05, 0.1) is 18.7 Å². The highest BCUT2D eigenvalue weighted by atomic mass is 32.2. The highest BCUT2D eigenvalue weighted by Gasteiger charge is 2.39. The fraction of sp³-hybridized carbons (Fsp3) is 0.421. The van der Waals surface area contributed by atoms with Gasteiger partial charge in [-0.3, -0.25) is 19.4 Å². The predicted molar refractivity (Wildman–Crippen MR) is 196 cm³/mol. The number of benzene rings is 2. The van der Waals surface area contributed by atoms with Crippen molar-refractivity contribution in [3.05, 3.63) is 113 Å². The monoisotopic (exact) mass is 735 g/mol. The molecular formula is C38H49N5O8S. The van der Waals surface area contributed by atoms with E-state index in [4.69, 9.17) is 9.47 Å². The molecule has 1 aliphatic rings. The topological polar surface area (TPSA) is 176 Å². The molecule has 3 amide bonds. The summed E-state index contributed by atoms with van der Waals surface area (Å²) in [6.45, 7) is 8.34. The first-order valence-corrected chi connectivity index (χ1v) is 18.6. The number of hydrogen-bond donors (Lipinski definition) is 4. The van der Waals surface area contributed by atoms with Crippen molar-refractivity contribution in [2.24, 2.45) is 11.3 Å². The average molecular weight is 736 g/mol. The Balaban J connectivity index is 1.49. The molecular weight excluding hydrogens is 687 g/mol. The van der Waals surface area contributed by atoms with Crippen molar-refractivity contribution in [3.63, 3.8) is 0 Å². The molecule has 0 fully saturated rings. The van der Waals surface area contributed by atoms with Crippen LogP contribution in [0.1, 0.15) is 56.1 Å². The lowest BCUT2D eigenvalue weighted by Gasteiger charge is -2.34. The molecule has 4 unspecified atom stereocenters. The molecule has 280 valence electrons. The number of aliphatic hydroxyl groups is 1. The lowest BCUT2D eigenvalue weighted by molar-refractivity contribution is -0.132. The SMILES string of the molecule is CC(C)CN(CC(O)C(Cc1ccccc1)NC(=O)C(NC(=O)CNC(=O)c1ccncc1)C(C)(C)C)S(=O)(=O)C1=COC(Cc2ccccc2)O1. The molecule has 2 aromatic carbocycles. The summed E-state index contributed by atoms with van der Waals surface area (Å²) in [6, 6.07) is 19.5. The predicted octanol–water partition coefficient (Wildman–Crippen LogP) is 3.13. The van der Waals surface area contributed by atoms with Gasteiger partial charge in [-0.25, -0.2) is 8.42 Å². The lowest BCUT2D eigenvalue weighted by Crippen LogP contribution is -2.59. The van der Waals surface area contributed by atoms with E-state index in [1.165, 1.54) is 24.5 Å². The number of hydrogen-bond acceptors (Lipinski definition) is 9. The summed E-state index contributed by atoms with van der Waals surface area (Å²) in [5.74, 6) is -1.77. The summed E-state index contributed by atoms with van der Waals surface area (Å²) in [7, 11) is -4.26. The van der Waals surface area contributed by atoms with Gasteiger partial charge >= 0.3 is 0 Å². The van der Waals surface area contributed by atoms with Crippen molar-refractivity contribution in [1.29, 1.82) is 0 Å². The van der Waals surface area contributed by atoms with Gasteiger partial charge in [-0.05, 0) is 41.0 Å².